The third-order valence-corrected chi connectivity index (χ3v) is 6.23. The minimum atomic E-state index is 0.746. The zero-order chi connectivity index (χ0) is 18.9. The van der Waals surface area contributed by atoms with E-state index in [0.29, 0.717) is 0 Å². The Kier molecular flexibility index (Phi) is 4.50. The minimum absolute atomic E-state index is 0.746. The molecule has 4 heterocycles. The van der Waals surface area contributed by atoms with Crippen LogP contribution in [0.4, 0.5) is 5.82 Å². The third-order valence-electron chi connectivity index (χ3n) is 5.15. The Labute approximate surface area is 168 Å². The lowest BCUT2D eigenvalue weighted by Gasteiger charge is -2.33. The van der Waals surface area contributed by atoms with Crippen LogP contribution in [0.15, 0.2) is 60.9 Å². The Hall–Kier alpha value is -2.83. The first kappa shape index (κ1) is 17.3. The van der Waals surface area contributed by atoms with Gasteiger partial charge < -0.3 is 9.80 Å². The number of nitrogens with zero attached hydrogens (tertiary/aromatic N) is 5. The van der Waals surface area contributed by atoms with Gasteiger partial charge >= 0.3 is 0 Å². The normalized spacial score (nSPS) is 15.2. The van der Waals surface area contributed by atoms with Crippen molar-refractivity contribution >= 4 is 27.4 Å². The number of benzene rings is 1. The van der Waals surface area contributed by atoms with Gasteiger partial charge in [0.25, 0.3) is 0 Å². The SMILES string of the molecule is CN1CCN(c2nc(-c3cccnc3)nc3sc(-c4ccccc4)cc23)CC1. The van der Waals surface area contributed by atoms with Gasteiger partial charge in [-0.15, -0.1) is 11.3 Å². The molecule has 1 saturated heterocycles. The van der Waals surface area contributed by atoms with E-state index in [1.54, 1.807) is 17.5 Å². The molecule has 0 unspecified atom stereocenters. The van der Waals surface area contributed by atoms with Crippen molar-refractivity contribution in [3.63, 3.8) is 0 Å². The van der Waals surface area contributed by atoms with E-state index in [4.69, 9.17) is 9.97 Å². The van der Waals surface area contributed by atoms with E-state index in [1.807, 2.05) is 24.4 Å². The first-order chi connectivity index (χ1) is 13.8. The molecule has 0 aliphatic carbocycles. The predicted octanol–water partition coefficient (Wildman–Crippen LogP) is 4.17. The van der Waals surface area contributed by atoms with Gasteiger partial charge in [-0.25, -0.2) is 9.97 Å². The van der Waals surface area contributed by atoms with Crippen molar-refractivity contribution in [2.75, 3.05) is 38.1 Å². The van der Waals surface area contributed by atoms with Crippen LogP contribution in [0, 0.1) is 0 Å². The lowest BCUT2D eigenvalue weighted by Crippen LogP contribution is -2.44. The minimum Gasteiger partial charge on any atom is -0.353 e. The molecule has 1 aromatic carbocycles. The number of aromatic nitrogens is 3. The summed E-state index contributed by atoms with van der Waals surface area (Å²) in [6, 6.07) is 16.7. The van der Waals surface area contributed by atoms with Crippen molar-refractivity contribution in [2.45, 2.75) is 0 Å². The number of likely N-dealkylation sites (N-methyl/N-ethyl adjacent to an activating group) is 1. The Bertz CT molecular complexity index is 1090. The summed E-state index contributed by atoms with van der Waals surface area (Å²) < 4.78 is 0. The number of fused-ring (bicyclic) bond motifs is 1. The fraction of sp³-hybridized carbons (Fsp3) is 0.227. The first-order valence-electron chi connectivity index (χ1n) is 9.49. The molecule has 0 atom stereocenters. The molecule has 6 heteroatoms. The lowest BCUT2D eigenvalue weighted by atomic mass is 10.1. The summed E-state index contributed by atoms with van der Waals surface area (Å²) in [5.41, 5.74) is 2.17. The second-order valence-corrected chi connectivity index (χ2v) is 8.13. The standard InChI is InChI=1S/C22H21N5S/c1-26-10-12-27(13-11-26)21-18-14-19(16-6-3-2-4-7-16)28-22(18)25-20(24-21)17-8-5-9-23-15-17/h2-9,14-15H,10-13H2,1H3. The van der Waals surface area contributed by atoms with Gasteiger partial charge in [-0.05, 0) is 30.8 Å². The van der Waals surface area contributed by atoms with Gasteiger partial charge in [0, 0.05) is 49.0 Å². The summed E-state index contributed by atoms with van der Waals surface area (Å²) in [4.78, 5) is 21.1. The second-order valence-electron chi connectivity index (χ2n) is 7.10. The maximum absolute atomic E-state index is 4.99. The summed E-state index contributed by atoms with van der Waals surface area (Å²) >= 11 is 1.73. The van der Waals surface area contributed by atoms with Gasteiger partial charge in [0.05, 0.1) is 5.39 Å². The number of pyridine rings is 1. The topological polar surface area (TPSA) is 45.2 Å². The van der Waals surface area contributed by atoms with Gasteiger partial charge in [0.2, 0.25) is 0 Å². The fourth-order valence-electron chi connectivity index (χ4n) is 3.53. The summed E-state index contributed by atoms with van der Waals surface area (Å²) in [6.07, 6.45) is 3.61. The summed E-state index contributed by atoms with van der Waals surface area (Å²) in [7, 11) is 2.17. The zero-order valence-corrected chi connectivity index (χ0v) is 16.6. The molecule has 0 spiro atoms. The molecule has 0 bridgehead atoms. The van der Waals surface area contributed by atoms with E-state index in [1.165, 1.54) is 10.4 Å². The van der Waals surface area contributed by atoms with Crippen molar-refractivity contribution in [2.24, 2.45) is 0 Å². The fourth-order valence-corrected chi connectivity index (χ4v) is 4.57. The zero-order valence-electron chi connectivity index (χ0n) is 15.7. The molecule has 1 fully saturated rings. The van der Waals surface area contributed by atoms with Crippen molar-refractivity contribution in [3.05, 3.63) is 60.9 Å². The van der Waals surface area contributed by atoms with Crippen LogP contribution < -0.4 is 4.90 Å². The Morgan fingerprint density at radius 2 is 1.68 bits per heavy atom. The molecule has 3 aromatic heterocycles. The molecule has 4 aromatic rings. The number of hydrogen-bond donors (Lipinski definition) is 0. The molecule has 1 aliphatic heterocycles. The number of anilines is 1. The Morgan fingerprint density at radius 1 is 0.893 bits per heavy atom. The maximum Gasteiger partial charge on any atom is 0.164 e. The monoisotopic (exact) mass is 387 g/mol. The second kappa shape index (κ2) is 7.30. The third kappa shape index (κ3) is 3.25. The number of thiophene rings is 1. The van der Waals surface area contributed by atoms with Crippen molar-refractivity contribution in [3.8, 4) is 21.8 Å². The van der Waals surface area contributed by atoms with Gasteiger partial charge in [-0.3, -0.25) is 4.98 Å². The van der Waals surface area contributed by atoms with E-state index in [0.717, 1.165) is 53.6 Å². The molecule has 140 valence electrons. The highest BCUT2D eigenvalue weighted by molar-refractivity contribution is 7.22. The van der Waals surface area contributed by atoms with E-state index >= 15 is 0 Å². The summed E-state index contributed by atoms with van der Waals surface area (Å²) in [5.74, 6) is 1.78. The summed E-state index contributed by atoms with van der Waals surface area (Å²) in [5, 5.41) is 1.14. The molecular formula is C22H21N5S. The van der Waals surface area contributed by atoms with Crippen LogP contribution >= 0.6 is 11.3 Å². The Balaban J connectivity index is 1.67. The highest BCUT2D eigenvalue weighted by Crippen LogP contribution is 2.38. The molecule has 0 radical (unpaired) electrons. The lowest BCUT2D eigenvalue weighted by molar-refractivity contribution is 0.312. The molecule has 5 nitrogen and oxygen atoms in total. The van der Waals surface area contributed by atoms with Crippen LogP contribution in [0.1, 0.15) is 0 Å². The van der Waals surface area contributed by atoms with Crippen molar-refractivity contribution < 1.29 is 0 Å². The van der Waals surface area contributed by atoms with Crippen molar-refractivity contribution in [1.82, 2.24) is 19.9 Å². The average Bonchev–Trinajstić information content (AvgIpc) is 3.19. The largest absolute Gasteiger partial charge is 0.353 e. The molecule has 28 heavy (non-hydrogen) atoms. The highest BCUT2D eigenvalue weighted by atomic mass is 32.1. The van der Waals surface area contributed by atoms with Crippen LogP contribution in [0.25, 0.3) is 32.0 Å². The van der Waals surface area contributed by atoms with Gasteiger partial charge in [-0.2, -0.15) is 0 Å². The Morgan fingerprint density at radius 3 is 2.43 bits per heavy atom. The predicted molar refractivity (Wildman–Crippen MR) is 116 cm³/mol. The molecule has 1 aliphatic rings. The first-order valence-corrected chi connectivity index (χ1v) is 10.3. The van der Waals surface area contributed by atoms with Crippen LogP contribution in [-0.2, 0) is 0 Å². The van der Waals surface area contributed by atoms with Crippen LogP contribution in [0.5, 0.6) is 0 Å². The quantitative estimate of drug-likeness (QED) is 0.528. The maximum atomic E-state index is 4.99. The number of piperazine rings is 1. The number of rotatable bonds is 3. The summed E-state index contributed by atoms with van der Waals surface area (Å²) in [6.45, 7) is 4.05. The molecule has 0 amide bonds. The highest BCUT2D eigenvalue weighted by Gasteiger charge is 2.21. The van der Waals surface area contributed by atoms with E-state index in [9.17, 15) is 0 Å². The van der Waals surface area contributed by atoms with Gasteiger partial charge in [0.1, 0.15) is 10.6 Å². The van der Waals surface area contributed by atoms with E-state index in [2.05, 4.69) is 52.2 Å². The van der Waals surface area contributed by atoms with Gasteiger partial charge in [-0.1, -0.05) is 30.3 Å². The molecule has 5 rings (SSSR count). The van der Waals surface area contributed by atoms with E-state index in [-0.39, 0.29) is 0 Å². The van der Waals surface area contributed by atoms with Crippen LogP contribution in [-0.4, -0.2) is 53.1 Å². The smallest absolute Gasteiger partial charge is 0.164 e. The van der Waals surface area contributed by atoms with Crippen molar-refractivity contribution in [1.29, 1.82) is 0 Å². The molecule has 0 N–H and O–H groups in total. The molecule has 0 saturated carbocycles. The number of hydrogen-bond acceptors (Lipinski definition) is 6. The molecular weight excluding hydrogens is 366 g/mol. The van der Waals surface area contributed by atoms with Crippen LogP contribution in [0.3, 0.4) is 0 Å². The van der Waals surface area contributed by atoms with Gasteiger partial charge in [0.15, 0.2) is 5.82 Å². The van der Waals surface area contributed by atoms with Crippen LogP contribution in [0.2, 0.25) is 0 Å². The van der Waals surface area contributed by atoms with E-state index < -0.39 is 0 Å². The average molecular weight is 388 g/mol.